The van der Waals surface area contributed by atoms with Crippen LogP contribution < -0.4 is 10.6 Å². The first-order valence-corrected chi connectivity index (χ1v) is 6.77. The van der Waals surface area contributed by atoms with Gasteiger partial charge >= 0.3 is 0 Å². The summed E-state index contributed by atoms with van der Waals surface area (Å²) in [5, 5.41) is 14.7. The maximum absolute atomic E-state index is 7.61. The third kappa shape index (κ3) is 4.78. The van der Waals surface area contributed by atoms with E-state index in [1.165, 1.54) is 12.8 Å². The molecule has 104 valence electrons. The van der Waals surface area contributed by atoms with Crippen LogP contribution in [0.25, 0.3) is 0 Å². The van der Waals surface area contributed by atoms with Gasteiger partial charge in [-0.3, -0.25) is 0 Å². The van der Waals surface area contributed by atoms with Crippen LogP contribution in [0.3, 0.4) is 0 Å². The molecule has 0 aromatic carbocycles. The predicted molar refractivity (Wildman–Crippen MR) is 78.3 cm³/mol. The number of rotatable bonds is 7. The smallest absolute Gasteiger partial charge is 0.0329 e. The fourth-order valence-corrected chi connectivity index (χ4v) is 2.09. The number of nitrogens with one attached hydrogen (secondary N) is 3. The van der Waals surface area contributed by atoms with Crippen LogP contribution in [-0.4, -0.2) is 49.9 Å². The Morgan fingerprint density at radius 1 is 1.17 bits per heavy atom. The van der Waals surface area contributed by atoms with E-state index in [-0.39, 0.29) is 0 Å². The van der Waals surface area contributed by atoms with Gasteiger partial charge in [0.15, 0.2) is 0 Å². The van der Waals surface area contributed by atoms with Crippen LogP contribution in [0.4, 0.5) is 0 Å². The normalized spacial score (nSPS) is 24.6. The van der Waals surface area contributed by atoms with Gasteiger partial charge in [0.2, 0.25) is 0 Å². The second-order valence-corrected chi connectivity index (χ2v) is 5.64. The molecule has 18 heavy (non-hydrogen) atoms. The predicted octanol–water partition coefficient (Wildman–Crippen LogP) is 1.59. The van der Waals surface area contributed by atoms with E-state index in [9.17, 15) is 0 Å². The second-order valence-electron chi connectivity index (χ2n) is 5.64. The van der Waals surface area contributed by atoms with Gasteiger partial charge in [-0.2, -0.15) is 0 Å². The zero-order valence-corrected chi connectivity index (χ0v) is 12.4. The molecule has 4 nitrogen and oxygen atoms in total. The highest BCUT2D eigenvalue weighted by atomic mass is 15.1. The zero-order chi connectivity index (χ0) is 13.7. The van der Waals surface area contributed by atoms with Crippen molar-refractivity contribution in [1.29, 1.82) is 5.41 Å². The molecule has 1 fully saturated rings. The molecular formula is C14H28N4. The van der Waals surface area contributed by atoms with Crippen molar-refractivity contribution in [2.75, 3.05) is 27.2 Å². The van der Waals surface area contributed by atoms with Gasteiger partial charge in [-0.15, -0.1) is 0 Å². The Labute approximate surface area is 111 Å². The Bertz CT molecular complexity index is 314. The van der Waals surface area contributed by atoms with Crippen LogP contribution in [0.1, 0.15) is 33.6 Å². The summed E-state index contributed by atoms with van der Waals surface area (Å²) in [6.07, 6.45) is 2.38. The van der Waals surface area contributed by atoms with Crippen molar-refractivity contribution >= 4 is 5.71 Å². The molecule has 0 spiro atoms. The van der Waals surface area contributed by atoms with Crippen molar-refractivity contribution in [3.05, 3.63) is 11.3 Å². The quantitative estimate of drug-likeness (QED) is 0.603. The van der Waals surface area contributed by atoms with Crippen LogP contribution in [0.5, 0.6) is 0 Å². The first-order valence-electron chi connectivity index (χ1n) is 6.77. The average molecular weight is 252 g/mol. The van der Waals surface area contributed by atoms with Gasteiger partial charge in [-0.1, -0.05) is 0 Å². The molecule has 0 radical (unpaired) electrons. The standard InChI is InChI=1S/C14H28N4/c1-10(11(2)15)12(3)17-14-8-13(9-14)16-6-7-18(4)5/h13-17H,6-9H2,1-5H3/b12-10-,15-11?/t13-,14+. The van der Waals surface area contributed by atoms with Gasteiger partial charge in [-0.25, -0.2) is 0 Å². The Balaban J connectivity index is 2.19. The molecule has 3 N–H and O–H groups in total. The van der Waals surface area contributed by atoms with Crippen molar-refractivity contribution in [2.24, 2.45) is 0 Å². The molecule has 0 heterocycles. The van der Waals surface area contributed by atoms with Crippen molar-refractivity contribution in [3.63, 3.8) is 0 Å². The first kappa shape index (κ1) is 15.2. The van der Waals surface area contributed by atoms with E-state index < -0.39 is 0 Å². The molecular weight excluding hydrogens is 224 g/mol. The highest BCUT2D eigenvalue weighted by Gasteiger charge is 2.28. The second kappa shape index (κ2) is 6.90. The van der Waals surface area contributed by atoms with E-state index in [2.05, 4.69) is 36.6 Å². The molecule has 0 atom stereocenters. The largest absolute Gasteiger partial charge is 0.385 e. The minimum Gasteiger partial charge on any atom is -0.385 e. The molecule has 0 aromatic rings. The molecule has 0 amide bonds. The van der Waals surface area contributed by atoms with Gasteiger partial charge in [0.1, 0.15) is 0 Å². The lowest BCUT2D eigenvalue weighted by Crippen LogP contribution is -2.51. The van der Waals surface area contributed by atoms with Crippen molar-refractivity contribution < 1.29 is 0 Å². The first-order chi connectivity index (χ1) is 8.40. The maximum atomic E-state index is 7.61. The lowest BCUT2D eigenvalue weighted by Gasteiger charge is -2.38. The number of hydrogen-bond donors (Lipinski definition) is 3. The highest BCUT2D eigenvalue weighted by molar-refractivity contribution is 5.95. The molecule has 0 aliphatic heterocycles. The van der Waals surface area contributed by atoms with Gasteiger partial charge in [0.25, 0.3) is 0 Å². The van der Waals surface area contributed by atoms with E-state index in [0.29, 0.717) is 17.8 Å². The monoisotopic (exact) mass is 252 g/mol. The van der Waals surface area contributed by atoms with Gasteiger partial charge in [-0.05, 0) is 53.3 Å². The number of likely N-dealkylation sites (N-methyl/N-ethyl adjacent to an activating group) is 1. The summed E-state index contributed by atoms with van der Waals surface area (Å²) in [5.74, 6) is 0. The third-order valence-corrected chi connectivity index (χ3v) is 3.68. The van der Waals surface area contributed by atoms with Crippen LogP contribution in [0.2, 0.25) is 0 Å². The lowest BCUT2D eigenvalue weighted by atomic mass is 9.86. The van der Waals surface area contributed by atoms with E-state index in [1.807, 2.05) is 13.8 Å². The van der Waals surface area contributed by atoms with Gasteiger partial charge in [0, 0.05) is 36.6 Å². The third-order valence-electron chi connectivity index (χ3n) is 3.68. The topological polar surface area (TPSA) is 51.2 Å². The molecule has 0 bridgehead atoms. The minimum absolute atomic E-state index is 0.580. The summed E-state index contributed by atoms with van der Waals surface area (Å²) < 4.78 is 0. The Morgan fingerprint density at radius 3 is 2.28 bits per heavy atom. The van der Waals surface area contributed by atoms with E-state index in [4.69, 9.17) is 5.41 Å². The summed E-state index contributed by atoms with van der Waals surface area (Å²) in [5.41, 5.74) is 2.87. The SMILES string of the molecule is CC(=N)/C(C)=C(/C)N[C@H]1C[C@@H](NCCN(C)C)C1. The van der Waals surface area contributed by atoms with E-state index >= 15 is 0 Å². The molecule has 1 saturated carbocycles. The molecule has 4 heteroatoms. The number of nitrogens with zero attached hydrogens (tertiary/aromatic N) is 1. The maximum Gasteiger partial charge on any atom is 0.0329 e. The summed E-state index contributed by atoms with van der Waals surface area (Å²) in [6.45, 7) is 8.08. The molecule has 1 rings (SSSR count). The summed E-state index contributed by atoms with van der Waals surface area (Å²) in [6, 6.07) is 1.24. The summed E-state index contributed by atoms with van der Waals surface area (Å²) >= 11 is 0. The van der Waals surface area contributed by atoms with Gasteiger partial charge < -0.3 is 20.9 Å². The fraction of sp³-hybridized carbons (Fsp3) is 0.786. The van der Waals surface area contributed by atoms with E-state index in [1.54, 1.807) is 0 Å². The van der Waals surface area contributed by atoms with Crippen LogP contribution in [0, 0.1) is 5.41 Å². The molecule has 0 aromatic heterocycles. The molecule has 1 aliphatic carbocycles. The van der Waals surface area contributed by atoms with Crippen LogP contribution in [-0.2, 0) is 0 Å². The average Bonchev–Trinajstić information content (AvgIpc) is 2.23. The molecule has 0 saturated heterocycles. The van der Waals surface area contributed by atoms with Crippen molar-refractivity contribution in [3.8, 4) is 0 Å². The molecule has 0 unspecified atom stereocenters. The number of allylic oxidation sites excluding steroid dienone is 2. The van der Waals surface area contributed by atoms with Crippen molar-refractivity contribution in [2.45, 2.75) is 45.7 Å². The highest BCUT2D eigenvalue weighted by Crippen LogP contribution is 2.21. The van der Waals surface area contributed by atoms with Crippen LogP contribution >= 0.6 is 0 Å². The Morgan fingerprint density at radius 2 is 1.78 bits per heavy atom. The Kier molecular flexibility index (Phi) is 5.82. The van der Waals surface area contributed by atoms with Crippen molar-refractivity contribution in [1.82, 2.24) is 15.5 Å². The minimum atomic E-state index is 0.580. The summed E-state index contributed by atoms with van der Waals surface area (Å²) in [7, 11) is 4.20. The Hall–Kier alpha value is -0.870. The fourth-order valence-electron chi connectivity index (χ4n) is 2.09. The zero-order valence-electron chi connectivity index (χ0n) is 12.4. The summed E-state index contributed by atoms with van der Waals surface area (Å²) in [4.78, 5) is 2.20. The van der Waals surface area contributed by atoms with Gasteiger partial charge in [0.05, 0.1) is 0 Å². The lowest BCUT2D eigenvalue weighted by molar-refractivity contribution is 0.253. The molecule has 1 aliphatic rings. The van der Waals surface area contributed by atoms with Crippen LogP contribution in [0.15, 0.2) is 11.3 Å². The number of hydrogen-bond acceptors (Lipinski definition) is 4. The van der Waals surface area contributed by atoms with E-state index in [0.717, 1.165) is 24.4 Å².